The van der Waals surface area contributed by atoms with E-state index in [-0.39, 0.29) is 0 Å². The zero-order chi connectivity index (χ0) is 9.26. The first-order valence-corrected chi connectivity index (χ1v) is 5.89. The second kappa shape index (κ2) is 3.81. The van der Waals surface area contributed by atoms with E-state index in [0.29, 0.717) is 0 Å². The van der Waals surface area contributed by atoms with Crippen LogP contribution >= 0.6 is 11.3 Å². The Hall–Kier alpha value is -0.340. The van der Waals surface area contributed by atoms with Gasteiger partial charge in [0.25, 0.3) is 0 Å². The van der Waals surface area contributed by atoms with Crippen molar-refractivity contribution in [1.29, 1.82) is 0 Å². The Labute approximate surface area is 84.4 Å². The van der Waals surface area contributed by atoms with Crippen molar-refractivity contribution in [3.63, 3.8) is 0 Å². The molecule has 72 valence electrons. The molecule has 1 fully saturated rings. The van der Waals surface area contributed by atoms with Crippen LogP contribution in [-0.2, 0) is 0 Å². The molecule has 1 nitrogen and oxygen atoms in total. The molecule has 0 aromatic carbocycles. The molecule has 0 amide bonds. The Morgan fingerprint density at radius 1 is 1.54 bits per heavy atom. The molecular formula is C11H17NS. The minimum absolute atomic E-state index is 0.751. The summed E-state index contributed by atoms with van der Waals surface area (Å²) < 4.78 is 0. The molecular weight excluding hydrogens is 178 g/mol. The van der Waals surface area contributed by atoms with Crippen LogP contribution in [0.4, 0.5) is 0 Å². The largest absolute Gasteiger partial charge is 0.304 e. The van der Waals surface area contributed by atoms with E-state index in [4.69, 9.17) is 0 Å². The highest BCUT2D eigenvalue weighted by Gasteiger charge is 2.24. The lowest BCUT2D eigenvalue weighted by Crippen LogP contribution is -2.36. The molecule has 2 heteroatoms. The maximum Gasteiger partial charge on any atom is 0.00772 e. The monoisotopic (exact) mass is 195 g/mol. The van der Waals surface area contributed by atoms with Gasteiger partial charge in [-0.2, -0.15) is 0 Å². The van der Waals surface area contributed by atoms with Crippen LogP contribution in [0.5, 0.6) is 0 Å². The summed E-state index contributed by atoms with van der Waals surface area (Å²) in [5, 5.41) is 2.19. The SMILES string of the molecule is CC1CC(c2cccs2)CCN1C. The van der Waals surface area contributed by atoms with Crippen LogP contribution in [0.15, 0.2) is 17.5 Å². The van der Waals surface area contributed by atoms with E-state index in [9.17, 15) is 0 Å². The molecule has 2 unspecified atom stereocenters. The molecule has 0 radical (unpaired) electrons. The number of piperidine rings is 1. The van der Waals surface area contributed by atoms with Crippen molar-refractivity contribution in [2.24, 2.45) is 0 Å². The van der Waals surface area contributed by atoms with Crippen LogP contribution < -0.4 is 0 Å². The van der Waals surface area contributed by atoms with Gasteiger partial charge < -0.3 is 4.90 Å². The Morgan fingerprint density at radius 3 is 3.00 bits per heavy atom. The lowest BCUT2D eigenvalue weighted by Gasteiger charge is -2.34. The molecule has 0 aliphatic carbocycles. The number of thiophene rings is 1. The van der Waals surface area contributed by atoms with E-state index in [1.165, 1.54) is 19.4 Å². The van der Waals surface area contributed by atoms with Crippen molar-refractivity contribution in [1.82, 2.24) is 4.90 Å². The summed E-state index contributed by atoms with van der Waals surface area (Å²) in [4.78, 5) is 4.05. The smallest absolute Gasteiger partial charge is 0.00772 e. The van der Waals surface area contributed by atoms with Crippen LogP contribution in [0, 0.1) is 0 Å². The summed E-state index contributed by atoms with van der Waals surface area (Å²) in [5.41, 5.74) is 0. The Kier molecular flexibility index (Phi) is 2.70. The van der Waals surface area contributed by atoms with E-state index in [1.807, 2.05) is 11.3 Å². The summed E-state index contributed by atoms with van der Waals surface area (Å²) in [6.45, 7) is 3.59. The first kappa shape index (κ1) is 9.22. The number of nitrogens with zero attached hydrogens (tertiary/aromatic N) is 1. The zero-order valence-electron chi connectivity index (χ0n) is 8.36. The van der Waals surface area contributed by atoms with Gasteiger partial charge in [0, 0.05) is 10.9 Å². The van der Waals surface area contributed by atoms with Crippen LogP contribution in [-0.4, -0.2) is 24.5 Å². The van der Waals surface area contributed by atoms with E-state index in [2.05, 4.69) is 36.4 Å². The van der Waals surface area contributed by atoms with Gasteiger partial charge in [0.05, 0.1) is 0 Å². The molecule has 2 rings (SSSR count). The Morgan fingerprint density at radius 2 is 2.38 bits per heavy atom. The molecule has 1 aliphatic rings. The van der Waals surface area contributed by atoms with Crippen LogP contribution in [0.2, 0.25) is 0 Å². The van der Waals surface area contributed by atoms with E-state index < -0.39 is 0 Å². The first-order chi connectivity index (χ1) is 6.27. The van der Waals surface area contributed by atoms with Gasteiger partial charge >= 0.3 is 0 Å². The maximum atomic E-state index is 2.46. The predicted molar refractivity (Wildman–Crippen MR) is 58.4 cm³/mol. The zero-order valence-corrected chi connectivity index (χ0v) is 9.18. The molecule has 0 spiro atoms. The minimum atomic E-state index is 0.751. The van der Waals surface area contributed by atoms with Gasteiger partial charge in [-0.25, -0.2) is 0 Å². The summed E-state index contributed by atoms with van der Waals surface area (Å²) in [5.74, 6) is 0.825. The molecule has 0 saturated carbocycles. The van der Waals surface area contributed by atoms with Crippen molar-refractivity contribution in [3.05, 3.63) is 22.4 Å². The van der Waals surface area contributed by atoms with Gasteiger partial charge in [-0.3, -0.25) is 0 Å². The van der Waals surface area contributed by atoms with Crippen LogP contribution in [0.25, 0.3) is 0 Å². The second-order valence-electron chi connectivity index (χ2n) is 4.07. The Bertz CT molecular complexity index is 255. The lowest BCUT2D eigenvalue weighted by molar-refractivity contribution is 0.184. The van der Waals surface area contributed by atoms with Crippen LogP contribution in [0.3, 0.4) is 0 Å². The van der Waals surface area contributed by atoms with Gasteiger partial charge in [0.15, 0.2) is 0 Å². The average Bonchev–Trinajstić information content (AvgIpc) is 2.62. The third-order valence-corrected chi connectivity index (χ3v) is 4.19. The standard InChI is InChI=1S/C11H17NS/c1-9-8-10(5-6-12(9)2)11-4-3-7-13-11/h3-4,7,9-10H,5-6,8H2,1-2H3. The molecule has 2 atom stereocenters. The molecule has 2 heterocycles. The average molecular weight is 195 g/mol. The summed E-state index contributed by atoms with van der Waals surface area (Å²) in [6.07, 6.45) is 2.67. The van der Waals surface area contributed by atoms with E-state index in [0.717, 1.165) is 12.0 Å². The molecule has 1 saturated heterocycles. The summed E-state index contributed by atoms with van der Waals surface area (Å²) >= 11 is 1.91. The molecule has 13 heavy (non-hydrogen) atoms. The van der Waals surface area contributed by atoms with Crippen molar-refractivity contribution >= 4 is 11.3 Å². The summed E-state index contributed by atoms with van der Waals surface area (Å²) in [6, 6.07) is 5.21. The van der Waals surface area contributed by atoms with Crippen molar-refractivity contribution in [3.8, 4) is 0 Å². The highest BCUT2D eigenvalue weighted by molar-refractivity contribution is 7.10. The van der Waals surface area contributed by atoms with Crippen molar-refractivity contribution in [2.75, 3.05) is 13.6 Å². The number of hydrogen-bond donors (Lipinski definition) is 0. The van der Waals surface area contributed by atoms with Crippen LogP contribution in [0.1, 0.15) is 30.6 Å². The number of likely N-dealkylation sites (tertiary alicyclic amines) is 1. The first-order valence-electron chi connectivity index (χ1n) is 5.01. The van der Waals surface area contributed by atoms with E-state index >= 15 is 0 Å². The normalized spacial score (nSPS) is 30.6. The third-order valence-electron chi connectivity index (χ3n) is 3.15. The maximum absolute atomic E-state index is 2.46. The lowest BCUT2D eigenvalue weighted by atomic mass is 9.91. The third kappa shape index (κ3) is 1.94. The molecule has 1 aliphatic heterocycles. The number of rotatable bonds is 1. The topological polar surface area (TPSA) is 3.24 Å². The quantitative estimate of drug-likeness (QED) is 0.666. The molecule has 1 aromatic rings. The fourth-order valence-electron chi connectivity index (χ4n) is 2.07. The Balaban J connectivity index is 2.03. The van der Waals surface area contributed by atoms with Gasteiger partial charge in [-0.15, -0.1) is 11.3 Å². The van der Waals surface area contributed by atoms with E-state index in [1.54, 1.807) is 4.88 Å². The van der Waals surface area contributed by atoms with Gasteiger partial charge in [0.2, 0.25) is 0 Å². The molecule has 0 bridgehead atoms. The minimum Gasteiger partial charge on any atom is -0.304 e. The fraction of sp³-hybridized carbons (Fsp3) is 0.636. The highest BCUT2D eigenvalue weighted by Crippen LogP contribution is 2.33. The van der Waals surface area contributed by atoms with Gasteiger partial charge in [-0.05, 0) is 50.7 Å². The van der Waals surface area contributed by atoms with Gasteiger partial charge in [-0.1, -0.05) is 6.07 Å². The molecule has 0 N–H and O–H groups in total. The molecule has 1 aromatic heterocycles. The number of hydrogen-bond acceptors (Lipinski definition) is 2. The second-order valence-corrected chi connectivity index (χ2v) is 5.05. The van der Waals surface area contributed by atoms with Gasteiger partial charge in [0.1, 0.15) is 0 Å². The van der Waals surface area contributed by atoms with Crippen molar-refractivity contribution < 1.29 is 0 Å². The fourth-order valence-corrected chi connectivity index (χ4v) is 2.95. The predicted octanol–water partition coefficient (Wildman–Crippen LogP) is 2.95. The van der Waals surface area contributed by atoms with Crippen molar-refractivity contribution in [2.45, 2.75) is 31.7 Å². The highest BCUT2D eigenvalue weighted by atomic mass is 32.1. The summed E-state index contributed by atoms with van der Waals surface area (Å²) in [7, 11) is 2.23.